The fourth-order valence-electron chi connectivity index (χ4n) is 2.16. The molecule has 23 heavy (non-hydrogen) atoms. The van der Waals surface area contributed by atoms with Crippen molar-refractivity contribution >= 4 is 12.2 Å². The van der Waals surface area contributed by atoms with E-state index in [1.165, 1.54) is 0 Å². The predicted molar refractivity (Wildman–Crippen MR) is 91.5 cm³/mol. The summed E-state index contributed by atoms with van der Waals surface area (Å²) in [4.78, 5) is 23.3. The highest BCUT2D eigenvalue weighted by Gasteiger charge is 2.23. The molecule has 0 aromatic carbocycles. The molecule has 0 aromatic heterocycles. The average molecular weight is 330 g/mol. The molecule has 0 saturated heterocycles. The van der Waals surface area contributed by atoms with Gasteiger partial charge in [-0.25, -0.2) is 9.59 Å². The Hall–Kier alpha value is -1.46. The van der Waals surface area contributed by atoms with Crippen LogP contribution in [0, 0.1) is 5.92 Å². The first kappa shape index (κ1) is 21.5. The molecule has 2 amide bonds. The molecule has 136 valence electrons. The van der Waals surface area contributed by atoms with Crippen LogP contribution < -0.4 is 10.6 Å². The van der Waals surface area contributed by atoms with Gasteiger partial charge >= 0.3 is 12.2 Å². The second-order valence-corrected chi connectivity index (χ2v) is 6.83. The molecule has 0 bridgehead atoms. The van der Waals surface area contributed by atoms with Gasteiger partial charge in [-0.05, 0) is 40.0 Å². The summed E-state index contributed by atoms with van der Waals surface area (Å²) >= 11 is 0. The Bertz CT molecular complexity index is 353. The van der Waals surface area contributed by atoms with Gasteiger partial charge in [0, 0.05) is 19.0 Å². The number of hydrogen-bond acceptors (Lipinski definition) is 4. The molecule has 1 unspecified atom stereocenters. The van der Waals surface area contributed by atoms with Crippen LogP contribution >= 0.6 is 0 Å². The summed E-state index contributed by atoms with van der Waals surface area (Å²) in [5.74, 6) is 0.292. The summed E-state index contributed by atoms with van der Waals surface area (Å²) in [5.41, 5.74) is -0.529. The smallest absolute Gasteiger partial charge is 0.407 e. The van der Waals surface area contributed by atoms with Crippen molar-refractivity contribution < 1.29 is 19.1 Å². The summed E-state index contributed by atoms with van der Waals surface area (Å²) in [5, 5.41) is 5.50. The van der Waals surface area contributed by atoms with Gasteiger partial charge in [0.2, 0.25) is 0 Å². The van der Waals surface area contributed by atoms with Crippen molar-refractivity contribution in [2.45, 2.75) is 78.9 Å². The van der Waals surface area contributed by atoms with E-state index in [1.54, 1.807) is 0 Å². The van der Waals surface area contributed by atoms with E-state index in [0.29, 0.717) is 18.9 Å². The van der Waals surface area contributed by atoms with Crippen molar-refractivity contribution in [2.24, 2.45) is 5.92 Å². The van der Waals surface area contributed by atoms with Gasteiger partial charge < -0.3 is 20.1 Å². The maximum Gasteiger partial charge on any atom is 0.407 e. The molecule has 6 heteroatoms. The van der Waals surface area contributed by atoms with Gasteiger partial charge in [0.25, 0.3) is 0 Å². The molecule has 0 aliphatic heterocycles. The zero-order chi connectivity index (χ0) is 17.9. The monoisotopic (exact) mass is 330 g/mol. The van der Waals surface area contributed by atoms with Crippen LogP contribution in [0.1, 0.15) is 67.2 Å². The molecule has 0 saturated carbocycles. The van der Waals surface area contributed by atoms with Crippen molar-refractivity contribution in [1.29, 1.82) is 0 Å². The first-order chi connectivity index (χ1) is 10.7. The van der Waals surface area contributed by atoms with E-state index in [2.05, 4.69) is 24.5 Å². The molecule has 0 aliphatic carbocycles. The summed E-state index contributed by atoms with van der Waals surface area (Å²) in [6.07, 6.45) is 2.94. The maximum atomic E-state index is 12.0. The van der Waals surface area contributed by atoms with Crippen molar-refractivity contribution in [3.8, 4) is 0 Å². The number of nitrogens with one attached hydrogen (secondary N) is 2. The largest absolute Gasteiger partial charge is 0.449 e. The van der Waals surface area contributed by atoms with E-state index in [-0.39, 0.29) is 12.6 Å². The van der Waals surface area contributed by atoms with Gasteiger partial charge in [0.15, 0.2) is 0 Å². The normalized spacial score (nSPS) is 13.8. The van der Waals surface area contributed by atoms with Gasteiger partial charge in [-0.3, -0.25) is 0 Å². The molecular formula is C17H34N2O4. The molecule has 6 nitrogen and oxygen atoms in total. The third kappa shape index (κ3) is 11.7. The van der Waals surface area contributed by atoms with Gasteiger partial charge in [0.1, 0.15) is 5.60 Å². The van der Waals surface area contributed by atoms with E-state index < -0.39 is 17.8 Å². The molecule has 0 aliphatic rings. The standard InChI is InChI=1S/C17H34N2O4/c1-7-9-10-13(3)14(11-12-22-15(20)18-8-2)19-16(21)23-17(4,5)6/h13-14H,7-12H2,1-6H3,(H,18,20)(H,19,21)/t13-,14?/m1/s1. The molecule has 0 fully saturated rings. The first-order valence-electron chi connectivity index (χ1n) is 8.59. The maximum absolute atomic E-state index is 12.0. The van der Waals surface area contributed by atoms with Crippen molar-refractivity contribution in [1.82, 2.24) is 10.6 Å². The van der Waals surface area contributed by atoms with E-state index in [9.17, 15) is 9.59 Å². The molecule has 0 aromatic rings. The zero-order valence-corrected chi connectivity index (χ0v) is 15.5. The van der Waals surface area contributed by atoms with Crippen LogP contribution in [0.2, 0.25) is 0 Å². The van der Waals surface area contributed by atoms with Crippen molar-refractivity contribution in [3.63, 3.8) is 0 Å². The van der Waals surface area contributed by atoms with Crippen LogP contribution in [0.15, 0.2) is 0 Å². The van der Waals surface area contributed by atoms with Crippen molar-refractivity contribution in [3.05, 3.63) is 0 Å². The number of hydrogen-bond donors (Lipinski definition) is 2. The zero-order valence-electron chi connectivity index (χ0n) is 15.5. The van der Waals surface area contributed by atoms with E-state index >= 15 is 0 Å². The SMILES string of the molecule is CCCC[C@@H](C)C(CCOC(=O)NCC)NC(=O)OC(C)(C)C. The third-order valence-electron chi connectivity index (χ3n) is 3.39. The average Bonchev–Trinajstić information content (AvgIpc) is 2.42. The molecule has 2 atom stereocenters. The summed E-state index contributed by atoms with van der Waals surface area (Å²) in [6, 6.07) is -0.0779. The van der Waals surface area contributed by atoms with Crippen LogP contribution in [0.4, 0.5) is 9.59 Å². The van der Waals surface area contributed by atoms with E-state index in [0.717, 1.165) is 19.3 Å². The lowest BCUT2D eigenvalue weighted by atomic mass is 9.94. The highest BCUT2D eigenvalue weighted by Crippen LogP contribution is 2.16. The Labute approximate surface area is 140 Å². The number of ether oxygens (including phenoxy) is 2. The number of carbonyl (C=O) groups is 2. The lowest BCUT2D eigenvalue weighted by Gasteiger charge is -2.27. The summed E-state index contributed by atoms with van der Waals surface area (Å²) in [6.45, 7) is 12.4. The fraction of sp³-hybridized carbons (Fsp3) is 0.882. The van der Waals surface area contributed by atoms with Crippen LogP contribution in [0.25, 0.3) is 0 Å². The van der Waals surface area contributed by atoms with Crippen LogP contribution in [0.3, 0.4) is 0 Å². The van der Waals surface area contributed by atoms with Crippen LogP contribution in [0.5, 0.6) is 0 Å². The minimum atomic E-state index is -0.529. The van der Waals surface area contributed by atoms with Gasteiger partial charge in [-0.2, -0.15) is 0 Å². The Balaban J connectivity index is 4.49. The Morgan fingerprint density at radius 1 is 1.09 bits per heavy atom. The van der Waals surface area contributed by atoms with Gasteiger partial charge in [0.05, 0.1) is 6.61 Å². The fourth-order valence-corrected chi connectivity index (χ4v) is 2.16. The topological polar surface area (TPSA) is 76.7 Å². The molecule has 0 rings (SSSR count). The lowest BCUT2D eigenvalue weighted by Crippen LogP contribution is -2.43. The Morgan fingerprint density at radius 2 is 1.74 bits per heavy atom. The van der Waals surface area contributed by atoms with E-state index in [1.807, 2.05) is 27.7 Å². The number of alkyl carbamates (subject to hydrolysis) is 2. The molecule has 0 heterocycles. The minimum absolute atomic E-state index is 0.0779. The predicted octanol–water partition coefficient (Wildman–Crippen LogP) is 3.84. The lowest BCUT2D eigenvalue weighted by molar-refractivity contribution is 0.0473. The highest BCUT2D eigenvalue weighted by atomic mass is 16.6. The van der Waals surface area contributed by atoms with Crippen molar-refractivity contribution in [2.75, 3.05) is 13.2 Å². The minimum Gasteiger partial charge on any atom is -0.449 e. The van der Waals surface area contributed by atoms with Crippen LogP contribution in [-0.4, -0.2) is 37.0 Å². The Kier molecular flexibility index (Phi) is 10.4. The summed E-state index contributed by atoms with van der Waals surface area (Å²) in [7, 11) is 0. The van der Waals surface area contributed by atoms with E-state index in [4.69, 9.17) is 9.47 Å². The first-order valence-corrected chi connectivity index (χ1v) is 8.59. The quantitative estimate of drug-likeness (QED) is 0.673. The van der Waals surface area contributed by atoms with Gasteiger partial charge in [-0.1, -0.05) is 26.7 Å². The Morgan fingerprint density at radius 3 is 2.26 bits per heavy atom. The van der Waals surface area contributed by atoms with Crippen LogP contribution in [-0.2, 0) is 9.47 Å². The number of carbonyl (C=O) groups excluding carboxylic acids is 2. The van der Waals surface area contributed by atoms with Gasteiger partial charge in [-0.15, -0.1) is 0 Å². The number of rotatable bonds is 9. The third-order valence-corrected chi connectivity index (χ3v) is 3.39. The molecule has 0 radical (unpaired) electrons. The summed E-state index contributed by atoms with van der Waals surface area (Å²) < 4.78 is 10.4. The number of unbranched alkanes of at least 4 members (excludes halogenated alkanes) is 1. The highest BCUT2D eigenvalue weighted by molar-refractivity contribution is 5.68. The number of amides is 2. The second kappa shape index (κ2) is 11.1. The second-order valence-electron chi connectivity index (χ2n) is 6.83. The molecule has 0 spiro atoms. The molecule has 2 N–H and O–H groups in total. The molecular weight excluding hydrogens is 296 g/mol.